The van der Waals surface area contributed by atoms with Crippen molar-refractivity contribution in [2.24, 2.45) is 0 Å². The van der Waals surface area contributed by atoms with Crippen LogP contribution in [0.15, 0.2) is 29.1 Å². The van der Waals surface area contributed by atoms with Crippen LogP contribution >= 0.6 is 11.3 Å². The standard InChI is InChI=1S/C9H9N3OS/c1-6-4-2-3-5-7(6)10-8-11-12-9(13)14-8/h2-5H,1H3,(H,10,11)(H,12,13). The Balaban J connectivity index is 2.27. The average Bonchev–Trinajstić information content (AvgIpc) is 2.56. The van der Waals surface area contributed by atoms with E-state index in [1.807, 2.05) is 31.2 Å². The maximum atomic E-state index is 10.8. The molecule has 0 spiro atoms. The third kappa shape index (κ3) is 1.82. The summed E-state index contributed by atoms with van der Waals surface area (Å²) < 4.78 is 0. The van der Waals surface area contributed by atoms with Crippen molar-refractivity contribution in [3.8, 4) is 0 Å². The van der Waals surface area contributed by atoms with Gasteiger partial charge in [-0.3, -0.25) is 4.79 Å². The van der Waals surface area contributed by atoms with Gasteiger partial charge in [0, 0.05) is 5.69 Å². The second-order valence-corrected chi connectivity index (χ2v) is 3.82. The molecule has 1 aromatic heterocycles. The fourth-order valence-electron chi connectivity index (χ4n) is 1.11. The Kier molecular flexibility index (Phi) is 2.32. The number of H-pyrrole nitrogens is 1. The zero-order chi connectivity index (χ0) is 9.97. The molecule has 0 radical (unpaired) electrons. The number of aromatic amines is 1. The highest BCUT2D eigenvalue weighted by molar-refractivity contribution is 7.13. The summed E-state index contributed by atoms with van der Waals surface area (Å²) in [5.74, 6) is 0. The van der Waals surface area contributed by atoms with Gasteiger partial charge in [-0.15, -0.1) is 5.10 Å². The Morgan fingerprint density at radius 3 is 2.86 bits per heavy atom. The van der Waals surface area contributed by atoms with Gasteiger partial charge < -0.3 is 5.32 Å². The molecular weight excluding hydrogens is 198 g/mol. The molecule has 0 fully saturated rings. The maximum Gasteiger partial charge on any atom is 0.324 e. The summed E-state index contributed by atoms with van der Waals surface area (Å²) in [5, 5.41) is 9.84. The van der Waals surface area contributed by atoms with Gasteiger partial charge in [-0.05, 0) is 29.9 Å². The van der Waals surface area contributed by atoms with E-state index in [1.54, 1.807) is 0 Å². The molecule has 2 aromatic rings. The molecule has 0 amide bonds. The minimum Gasteiger partial charge on any atom is -0.330 e. The van der Waals surface area contributed by atoms with Crippen molar-refractivity contribution in [2.75, 3.05) is 5.32 Å². The molecule has 1 heterocycles. The van der Waals surface area contributed by atoms with Gasteiger partial charge in [-0.1, -0.05) is 18.2 Å². The first-order chi connectivity index (χ1) is 6.75. The lowest BCUT2D eigenvalue weighted by Gasteiger charge is -2.04. The Morgan fingerprint density at radius 1 is 1.43 bits per heavy atom. The van der Waals surface area contributed by atoms with Crippen molar-refractivity contribution < 1.29 is 0 Å². The van der Waals surface area contributed by atoms with Crippen molar-refractivity contribution in [3.05, 3.63) is 39.5 Å². The van der Waals surface area contributed by atoms with Crippen molar-refractivity contribution in [1.82, 2.24) is 10.2 Å². The van der Waals surface area contributed by atoms with Gasteiger partial charge >= 0.3 is 4.87 Å². The molecule has 5 heteroatoms. The molecule has 0 unspecified atom stereocenters. The van der Waals surface area contributed by atoms with E-state index in [1.165, 1.54) is 0 Å². The van der Waals surface area contributed by atoms with Gasteiger partial charge in [-0.25, -0.2) is 5.10 Å². The number of para-hydroxylation sites is 1. The highest BCUT2D eigenvalue weighted by Gasteiger charge is 2.01. The molecule has 0 bridgehead atoms. The molecule has 2 N–H and O–H groups in total. The van der Waals surface area contributed by atoms with Crippen LogP contribution in [0.1, 0.15) is 5.56 Å². The van der Waals surface area contributed by atoms with Crippen LogP contribution in [0.5, 0.6) is 0 Å². The van der Waals surface area contributed by atoms with E-state index < -0.39 is 0 Å². The van der Waals surface area contributed by atoms with Gasteiger partial charge in [-0.2, -0.15) is 0 Å². The Labute approximate surface area is 84.6 Å². The van der Waals surface area contributed by atoms with Crippen molar-refractivity contribution in [1.29, 1.82) is 0 Å². The normalized spacial score (nSPS) is 10.1. The van der Waals surface area contributed by atoms with Gasteiger partial charge in [0.1, 0.15) is 0 Å². The van der Waals surface area contributed by atoms with Gasteiger partial charge in [0.2, 0.25) is 5.13 Å². The van der Waals surface area contributed by atoms with E-state index in [4.69, 9.17) is 0 Å². The first kappa shape index (κ1) is 8.96. The zero-order valence-electron chi connectivity index (χ0n) is 7.57. The lowest BCUT2D eigenvalue weighted by Crippen LogP contribution is -1.92. The molecular formula is C9H9N3OS. The van der Waals surface area contributed by atoms with Crippen LogP contribution in [0.2, 0.25) is 0 Å². The maximum absolute atomic E-state index is 10.8. The van der Waals surface area contributed by atoms with Gasteiger partial charge in [0.15, 0.2) is 0 Å². The van der Waals surface area contributed by atoms with Gasteiger partial charge in [0.05, 0.1) is 0 Å². The van der Waals surface area contributed by atoms with Crippen LogP contribution in [-0.4, -0.2) is 10.2 Å². The number of hydrogen-bond donors (Lipinski definition) is 2. The summed E-state index contributed by atoms with van der Waals surface area (Å²) >= 11 is 1.06. The van der Waals surface area contributed by atoms with Gasteiger partial charge in [0.25, 0.3) is 0 Å². The summed E-state index contributed by atoms with van der Waals surface area (Å²) in [5.41, 5.74) is 2.09. The molecule has 0 aliphatic rings. The minimum absolute atomic E-state index is 0.152. The molecule has 72 valence electrons. The number of hydrogen-bond acceptors (Lipinski definition) is 4. The zero-order valence-corrected chi connectivity index (χ0v) is 8.39. The topological polar surface area (TPSA) is 57.8 Å². The molecule has 1 aromatic carbocycles. The molecule has 4 nitrogen and oxygen atoms in total. The molecule has 0 saturated carbocycles. The number of aromatic nitrogens is 2. The van der Waals surface area contributed by atoms with E-state index in [2.05, 4.69) is 15.5 Å². The molecule has 0 saturated heterocycles. The SMILES string of the molecule is Cc1ccccc1Nc1n[nH]c(=O)s1. The van der Waals surface area contributed by atoms with Crippen LogP contribution in [0.4, 0.5) is 10.8 Å². The number of anilines is 2. The average molecular weight is 207 g/mol. The van der Waals surface area contributed by atoms with E-state index in [0.29, 0.717) is 5.13 Å². The monoisotopic (exact) mass is 207 g/mol. The Hall–Kier alpha value is -1.62. The van der Waals surface area contributed by atoms with Crippen LogP contribution in [0, 0.1) is 6.92 Å². The number of rotatable bonds is 2. The number of benzene rings is 1. The van der Waals surface area contributed by atoms with Crippen LogP contribution in [-0.2, 0) is 0 Å². The summed E-state index contributed by atoms with van der Waals surface area (Å²) in [6.07, 6.45) is 0. The number of nitrogens with one attached hydrogen (secondary N) is 2. The van der Waals surface area contributed by atoms with E-state index in [0.717, 1.165) is 22.6 Å². The predicted octanol–water partition coefficient (Wildman–Crippen LogP) is 1.88. The summed E-state index contributed by atoms with van der Waals surface area (Å²) in [6, 6.07) is 7.84. The van der Waals surface area contributed by atoms with Crippen LogP contribution in [0.3, 0.4) is 0 Å². The molecule has 2 rings (SSSR count). The molecule has 14 heavy (non-hydrogen) atoms. The van der Waals surface area contributed by atoms with Crippen LogP contribution in [0.25, 0.3) is 0 Å². The summed E-state index contributed by atoms with van der Waals surface area (Å²) in [7, 11) is 0. The fourth-order valence-corrected chi connectivity index (χ4v) is 1.63. The number of aryl methyl sites for hydroxylation is 1. The lowest BCUT2D eigenvalue weighted by molar-refractivity contribution is 1.06. The Bertz CT molecular complexity index is 489. The largest absolute Gasteiger partial charge is 0.330 e. The summed E-state index contributed by atoms with van der Waals surface area (Å²) in [4.78, 5) is 10.7. The third-order valence-corrected chi connectivity index (χ3v) is 2.49. The third-order valence-electron chi connectivity index (χ3n) is 1.82. The highest BCUT2D eigenvalue weighted by Crippen LogP contribution is 2.18. The predicted molar refractivity (Wildman–Crippen MR) is 57.2 cm³/mol. The van der Waals surface area contributed by atoms with E-state index in [-0.39, 0.29) is 4.87 Å². The second kappa shape index (κ2) is 3.63. The Morgan fingerprint density at radius 2 is 2.21 bits per heavy atom. The summed E-state index contributed by atoms with van der Waals surface area (Å²) in [6.45, 7) is 2.00. The first-order valence-corrected chi connectivity index (χ1v) is 4.95. The molecule has 0 atom stereocenters. The minimum atomic E-state index is -0.152. The van der Waals surface area contributed by atoms with Crippen molar-refractivity contribution >= 4 is 22.2 Å². The smallest absolute Gasteiger partial charge is 0.324 e. The molecule has 0 aliphatic heterocycles. The number of nitrogens with zero attached hydrogens (tertiary/aromatic N) is 1. The first-order valence-electron chi connectivity index (χ1n) is 4.14. The highest BCUT2D eigenvalue weighted by atomic mass is 32.1. The lowest BCUT2D eigenvalue weighted by atomic mass is 10.2. The fraction of sp³-hybridized carbons (Fsp3) is 0.111. The molecule has 0 aliphatic carbocycles. The quantitative estimate of drug-likeness (QED) is 0.790. The van der Waals surface area contributed by atoms with Crippen molar-refractivity contribution in [3.63, 3.8) is 0 Å². The second-order valence-electron chi connectivity index (χ2n) is 2.86. The van der Waals surface area contributed by atoms with E-state index >= 15 is 0 Å². The van der Waals surface area contributed by atoms with Crippen LogP contribution < -0.4 is 10.2 Å². The van der Waals surface area contributed by atoms with E-state index in [9.17, 15) is 4.79 Å². The van der Waals surface area contributed by atoms with Crippen molar-refractivity contribution in [2.45, 2.75) is 6.92 Å².